The number of benzene rings is 3. The van der Waals surface area contributed by atoms with E-state index < -0.39 is 29.9 Å². The third kappa shape index (κ3) is 5.35. The number of carbonyl (C=O) groups excluding carboxylic acids is 2. The van der Waals surface area contributed by atoms with Gasteiger partial charge in [-0.25, -0.2) is 4.79 Å². The Morgan fingerprint density at radius 3 is 2.03 bits per heavy atom. The predicted octanol–water partition coefficient (Wildman–Crippen LogP) is 4.29. The van der Waals surface area contributed by atoms with Gasteiger partial charge in [-0.3, -0.25) is 9.59 Å². The van der Waals surface area contributed by atoms with E-state index in [2.05, 4.69) is 22.8 Å². The first-order chi connectivity index (χ1) is 17.0. The maximum Gasteiger partial charge on any atom is 0.407 e. The van der Waals surface area contributed by atoms with Crippen LogP contribution >= 0.6 is 0 Å². The zero-order valence-corrected chi connectivity index (χ0v) is 19.4. The van der Waals surface area contributed by atoms with E-state index in [0.717, 1.165) is 22.3 Å². The van der Waals surface area contributed by atoms with Crippen molar-refractivity contribution in [1.29, 1.82) is 0 Å². The molecule has 7 heteroatoms. The molecule has 3 N–H and O–H groups in total. The molecule has 0 saturated heterocycles. The Labute approximate surface area is 204 Å². The van der Waals surface area contributed by atoms with Gasteiger partial charge in [0.05, 0.1) is 5.92 Å². The number of nitrogens with one attached hydrogen (secondary N) is 2. The lowest BCUT2D eigenvalue weighted by Crippen LogP contribution is -2.48. The van der Waals surface area contributed by atoms with Crippen LogP contribution in [-0.2, 0) is 14.3 Å². The molecular weight excluding hydrogens is 444 g/mol. The summed E-state index contributed by atoms with van der Waals surface area (Å²) in [7, 11) is 0. The molecule has 35 heavy (non-hydrogen) atoms. The van der Waals surface area contributed by atoms with Crippen molar-refractivity contribution < 1.29 is 24.2 Å². The lowest BCUT2D eigenvalue weighted by atomic mass is 9.98. The van der Waals surface area contributed by atoms with E-state index in [1.165, 1.54) is 0 Å². The van der Waals surface area contributed by atoms with Crippen molar-refractivity contribution in [2.24, 2.45) is 0 Å². The van der Waals surface area contributed by atoms with Crippen molar-refractivity contribution in [2.45, 2.75) is 31.2 Å². The highest BCUT2D eigenvalue weighted by molar-refractivity contribution is 5.86. The number of alkyl carbamates (subject to hydrolysis) is 1. The molecule has 2 amide bonds. The zero-order chi connectivity index (χ0) is 24.8. The van der Waals surface area contributed by atoms with Crippen LogP contribution in [0, 0.1) is 0 Å². The summed E-state index contributed by atoms with van der Waals surface area (Å²) in [6.07, 6.45) is -0.356. The average molecular weight is 473 g/mol. The van der Waals surface area contributed by atoms with Crippen molar-refractivity contribution in [1.82, 2.24) is 10.6 Å². The number of aliphatic carboxylic acids is 1. The van der Waals surface area contributed by atoms with E-state index in [9.17, 15) is 19.5 Å². The second-order valence-electron chi connectivity index (χ2n) is 8.48. The molecule has 0 aromatic heterocycles. The standard InChI is InChI=1S/C28H28N2O5/c1-2-25(26(31)29-16-23(27(32)33)18-10-4-3-5-11-18)30-28(34)35-17-24-21-14-8-6-12-19(21)20-13-7-9-15-22(20)24/h3-15,23-25H,2,16-17H2,1H3,(H,29,31)(H,30,34)(H,32,33)/t23?,25-/m1/s1. The summed E-state index contributed by atoms with van der Waals surface area (Å²) in [5, 5.41) is 14.8. The van der Waals surface area contributed by atoms with Gasteiger partial charge in [0.2, 0.25) is 5.91 Å². The molecule has 2 atom stereocenters. The first-order valence-corrected chi connectivity index (χ1v) is 11.7. The van der Waals surface area contributed by atoms with E-state index in [0.29, 0.717) is 12.0 Å². The average Bonchev–Trinajstić information content (AvgIpc) is 3.20. The van der Waals surface area contributed by atoms with E-state index >= 15 is 0 Å². The molecule has 1 aliphatic carbocycles. The lowest BCUT2D eigenvalue weighted by Gasteiger charge is -2.20. The van der Waals surface area contributed by atoms with Crippen molar-refractivity contribution in [2.75, 3.05) is 13.2 Å². The van der Waals surface area contributed by atoms with Crippen LogP contribution in [0.1, 0.15) is 41.9 Å². The Hall–Kier alpha value is -4.13. The lowest BCUT2D eigenvalue weighted by molar-refractivity contribution is -0.138. The smallest absolute Gasteiger partial charge is 0.407 e. The molecule has 3 aromatic carbocycles. The van der Waals surface area contributed by atoms with Crippen molar-refractivity contribution in [3.8, 4) is 11.1 Å². The highest BCUT2D eigenvalue weighted by Crippen LogP contribution is 2.44. The summed E-state index contributed by atoms with van der Waals surface area (Å²) in [4.78, 5) is 36.9. The van der Waals surface area contributed by atoms with Gasteiger partial charge in [-0.1, -0.05) is 85.8 Å². The predicted molar refractivity (Wildman–Crippen MR) is 132 cm³/mol. The van der Waals surface area contributed by atoms with Gasteiger partial charge < -0.3 is 20.5 Å². The first kappa shape index (κ1) is 24.0. The molecule has 0 aliphatic heterocycles. The number of amides is 2. The summed E-state index contributed by atoms with van der Waals surface area (Å²) >= 11 is 0. The zero-order valence-electron chi connectivity index (χ0n) is 19.4. The number of carboxylic acid groups (broad SMARTS) is 1. The van der Waals surface area contributed by atoms with Crippen molar-refractivity contribution >= 4 is 18.0 Å². The van der Waals surface area contributed by atoms with Gasteiger partial charge in [-0.15, -0.1) is 0 Å². The van der Waals surface area contributed by atoms with Crippen LogP contribution in [0.5, 0.6) is 0 Å². The van der Waals surface area contributed by atoms with Gasteiger partial charge in [0.1, 0.15) is 12.6 Å². The van der Waals surface area contributed by atoms with Crippen LogP contribution in [0.2, 0.25) is 0 Å². The maximum atomic E-state index is 12.7. The number of carbonyl (C=O) groups is 3. The van der Waals surface area contributed by atoms with Crippen LogP contribution in [0.15, 0.2) is 78.9 Å². The van der Waals surface area contributed by atoms with Crippen LogP contribution in [0.3, 0.4) is 0 Å². The molecule has 0 heterocycles. The van der Waals surface area contributed by atoms with E-state index in [1.807, 2.05) is 36.4 Å². The second-order valence-corrected chi connectivity index (χ2v) is 8.48. The molecule has 4 rings (SSSR count). The Balaban J connectivity index is 1.34. The second kappa shape index (κ2) is 10.9. The molecule has 180 valence electrons. The highest BCUT2D eigenvalue weighted by atomic mass is 16.5. The number of rotatable bonds is 9. The SMILES string of the molecule is CC[C@@H](NC(=O)OCC1c2ccccc2-c2ccccc21)C(=O)NCC(C(=O)O)c1ccccc1. The van der Waals surface area contributed by atoms with E-state index in [-0.39, 0.29) is 19.1 Å². The van der Waals surface area contributed by atoms with Crippen LogP contribution < -0.4 is 10.6 Å². The van der Waals surface area contributed by atoms with Gasteiger partial charge in [0.15, 0.2) is 0 Å². The van der Waals surface area contributed by atoms with Crippen LogP contribution in [0.4, 0.5) is 4.79 Å². The highest BCUT2D eigenvalue weighted by Gasteiger charge is 2.30. The molecule has 0 radical (unpaired) electrons. The number of fused-ring (bicyclic) bond motifs is 3. The maximum absolute atomic E-state index is 12.7. The van der Waals surface area contributed by atoms with Gasteiger partial charge in [0, 0.05) is 12.5 Å². The summed E-state index contributed by atoms with van der Waals surface area (Å²) in [6, 6.07) is 24.0. The quantitative estimate of drug-likeness (QED) is 0.431. The number of ether oxygens (including phenoxy) is 1. The molecule has 0 fully saturated rings. The molecule has 0 spiro atoms. The normalized spacial score (nSPS) is 13.7. The van der Waals surface area contributed by atoms with E-state index in [4.69, 9.17) is 4.74 Å². The minimum Gasteiger partial charge on any atom is -0.481 e. The van der Waals surface area contributed by atoms with Gasteiger partial charge in [-0.2, -0.15) is 0 Å². The van der Waals surface area contributed by atoms with Crippen LogP contribution in [0.25, 0.3) is 11.1 Å². The summed E-state index contributed by atoms with van der Waals surface area (Å²) in [6.45, 7) is 1.83. The molecule has 3 aromatic rings. The third-order valence-corrected chi connectivity index (χ3v) is 6.34. The Morgan fingerprint density at radius 2 is 1.46 bits per heavy atom. The Morgan fingerprint density at radius 1 is 0.886 bits per heavy atom. The fourth-order valence-corrected chi connectivity index (χ4v) is 4.49. The van der Waals surface area contributed by atoms with E-state index in [1.54, 1.807) is 37.3 Å². The fraction of sp³-hybridized carbons (Fsp3) is 0.250. The summed E-state index contributed by atoms with van der Waals surface area (Å²) in [5.74, 6) is -2.45. The number of hydrogen-bond donors (Lipinski definition) is 3. The molecular formula is C28H28N2O5. The number of hydrogen-bond acceptors (Lipinski definition) is 4. The minimum absolute atomic E-state index is 0.0794. The van der Waals surface area contributed by atoms with Gasteiger partial charge >= 0.3 is 12.1 Å². The Bertz CT molecular complexity index is 1170. The van der Waals surface area contributed by atoms with Gasteiger partial charge in [-0.05, 0) is 34.2 Å². The van der Waals surface area contributed by atoms with Crippen LogP contribution in [-0.4, -0.2) is 42.3 Å². The Kier molecular flexibility index (Phi) is 7.45. The molecule has 0 saturated carbocycles. The van der Waals surface area contributed by atoms with Crippen molar-refractivity contribution in [3.05, 3.63) is 95.6 Å². The van der Waals surface area contributed by atoms with Gasteiger partial charge in [0.25, 0.3) is 0 Å². The summed E-state index contributed by atoms with van der Waals surface area (Å²) in [5.41, 5.74) is 5.07. The fourth-order valence-electron chi connectivity index (χ4n) is 4.49. The number of carboxylic acids is 1. The topological polar surface area (TPSA) is 105 Å². The molecule has 7 nitrogen and oxygen atoms in total. The van der Waals surface area contributed by atoms with Crippen molar-refractivity contribution in [3.63, 3.8) is 0 Å². The third-order valence-electron chi connectivity index (χ3n) is 6.34. The largest absolute Gasteiger partial charge is 0.481 e. The monoisotopic (exact) mass is 472 g/mol. The molecule has 1 aliphatic rings. The first-order valence-electron chi connectivity index (χ1n) is 11.7. The minimum atomic E-state index is -1.03. The molecule has 0 bridgehead atoms. The summed E-state index contributed by atoms with van der Waals surface area (Å²) < 4.78 is 5.53. The molecule has 1 unspecified atom stereocenters.